The molecule has 0 fully saturated rings. The third-order valence-electron chi connectivity index (χ3n) is 2.53. The van der Waals surface area contributed by atoms with Gasteiger partial charge in [0.05, 0.1) is 11.1 Å². The lowest BCUT2D eigenvalue weighted by Crippen LogP contribution is -2.47. The van der Waals surface area contributed by atoms with E-state index in [1.807, 2.05) is 27.7 Å². The average Bonchev–Trinajstić information content (AvgIpc) is 2.11. The number of rotatable bonds is 1. The van der Waals surface area contributed by atoms with Crippen molar-refractivity contribution in [1.29, 1.82) is 0 Å². The largest absolute Gasteiger partial charge is 0.312 e. The average molecular weight is 282 g/mol. The first-order valence-corrected chi connectivity index (χ1v) is 5.62. The number of hydrogen-bond donors (Lipinski definition) is 1. The standard InChI is InChI=1S/C9H16INO/c1-8(2)5-7(6-10)9(3,4)11(8)12/h5,12H,6H2,1-4H3/i11+1. The van der Waals surface area contributed by atoms with Crippen LogP contribution in [0, 0.1) is 0 Å². The van der Waals surface area contributed by atoms with Crippen molar-refractivity contribution in [2.45, 2.75) is 38.8 Å². The molecule has 0 saturated heterocycles. The Morgan fingerprint density at radius 2 is 1.92 bits per heavy atom. The molecule has 1 N–H and O–H groups in total. The van der Waals surface area contributed by atoms with Gasteiger partial charge in [0.2, 0.25) is 0 Å². The molecule has 1 aliphatic rings. The summed E-state index contributed by atoms with van der Waals surface area (Å²) in [7, 11) is 0. The van der Waals surface area contributed by atoms with Crippen LogP contribution in [-0.4, -0.2) is 25.8 Å². The monoisotopic (exact) mass is 282 g/mol. The van der Waals surface area contributed by atoms with Crippen molar-refractivity contribution in [2.24, 2.45) is 0 Å². The van der Waals surface area contributed by atoms with Crippen molar-refractivity contribution in [2.75, 3.05) is 4.43 Å². The first kappa shape index (κ1) is 10.5. The second kappa shape index (κ2) is 2.96. The molecule has 0 spiro atoms. The lowest BCUT2D eigenvalue weighted by molar-refractivity contribution is -0.184. The van der Waals surface area contributed by atoms with E-state index in [0.29, 0.717) is 0 Å². The van der Waals surface area contributed by atoms with Gasteiger partial charge in [-0.25, -0.2) is 0 Å². The highest BCUT2D eigenvalue weighted by Crippen LogP contribution is 2.38. The van der Waals surface area contributed by atoms with Crippen LogP contribution in [0.1, 0.15) is 27.7 Å². The van der Waals surface area contributed by atoms with Crippen LogP contribution in [0.2, 0.25) is 0 Å². The molecule has 1 aliphatic heterocycles. The van der Waals surface area contributed by atoms with E-state index in [-0.39, 0.29) is 11.1 Å². The maximum atomic E-state index is 9.86. The van der Waals surface area contributed by atoms with Gasteiger partial charge in [0.25, 0.3) is 0 Å². The molecule has 0 aromatic rings. The zero-order chi connectivity index (χ0) is 9.57. The van der Waals surface area contributed by atoms with Crippen LogP contribution in [0.3, 0.4) is 0 Å². The molecular weight excluding hydrogens is 266 g/mol. The summed E-state index contributed by atoms with van der Waals surface area (Å²) in [6.45, 7) is 8.14. The highest BCUT2D eigenvalue weighted by molar-refractivity contribution is 14.1. The van der Waals surface area contributed by atoms with Crippen LogP contribution in [0.25, 0.3) is 0 Å². The highest BCUT2D eigenvalue weighted by Gasteiger charge is 2.44. The number of hydrogen-bond acceptors (Lipinski definition) is 2. The van der Waals surface area contributed by atoms with E-state index < -0.39 is 0 Å². The minimum atomic E-state index is -0.218. The maximum absolute atomic E-state index is 9.86. The number of nitrogens with zero attached hydrogens (tertiary/aromatic N) is 1. The molecule has 0 bridgehead atoms. The maximum Gasteiger partial charge on any atom is 0.0630 e. The molecule has 0 amide bonds. The molecule has 1 rings (SSSR count). The van der Waals surface area contributed by atoms with Crippen molar-refractivity contribution in [3.8, 4) is 0 Å². The number of halogens is 1. The van der Waals surface area contributed by atoms with Crippen molar-refractivity contribution in [3.05, 3.63) is 11.6 Å². The van der Waals surface area contributed by atoms with Gasteiger partial charge in [-0.2, -0.15) is 5.06 Å². The van der Waals surface area contributed by atoms with Gasteiger partial charge < -0.3 is 5.21 Å². The van der Waals surface area contributed by atoms with Crippen LogP contribution in [0.15, 0.2) is 11.6 Å². The molecule has 1 heterocycles. The Labute approximate surface area is 87.7 Å². The van der Waals surface area contributed by atoms with Crippen LogP contribution >= 0.6 is 22.6 Å². The first-order valence-electron chi connectivity index (χ1n) is 4.10. The Morgan fingerprint density at radius 3 is 2.08 bits per heavy atom. The van der Waals surface area contributed by atoms with Gasteiger partial charge in [-0.15, -0.1) is 0 Å². The van der Waals surface area contributed by atoms with E-state index in [0.717, 1.165) is 4.43 Å². The fraction of sp³-hybridized carbons (Fsp3) is 0.778. The highest BCUT2D eigenvalue weighted by atomic mass is 127. The zero-order valence-electron chi connectivity index (χ0n) is 8.06. The molecule has 3 heteroatoms. The van der Waals surface area contributed by atoms with E-state index in [2.05, 4.69) is 28.7 Å². The molecule has 2 nitrogen and oxygen atoms in total. The van der Waals surface area contributed by atoms with Gasteiger partial charge in [-0.3, -0.25) is 0 Å². The summed E-state index contributed by atoms with van der Waals surface area (Å²) in [5.41, 5.74) is 0.880. The van der Waals surface area contributed by atoms with Crippen molar-refractivity contribution >= 4 is 22.6 Å². The van der Waals surface area contributed by atoms with Gasteiger partial charge in [-0.05, 0) is 33.3 Å². The number of hydroxylamine groups is 2. The predicted octanol–water partition coefficient (Wildman–Crippen LogP) is 2.61. The summed E-state index contributed by atoms with van der Waals surface area (Å²) in [6, 6.07) is 0. The summed E-state index contributed by atoms with van der Waals surface area (Å²) in [5, 5.41) is 11.3. The van der Waals surface area contributed by atoms with Crippen LogP contribution in [0.4, 0.5) is 0 Å². The molecule has 0 radical (unpaired) electrons. The van der Waals surface area contributed by atoms with Crippen molar-refractivity contribution < 1.29 is 5.21 Å². The van der Waals surface area contributed by atoms with E-state index in [4.69, 9.17) is 0 Å². The molecular formula is C9H16INO. The summed E-state index contributed by atoms with van der Waals surface area (Å²) < 4.78 is 0.977. The second-order valence-corrected chi connectivity index (χ2v) is 5.09. The second-order valence-electron chi connectivity index (χ2n) is 4.33. The quantitative estimate of drug-likeness (QED) is 0.346. The topological polar surface area (TPSA) is 23.5 Å². The molecule has 0 aromatic heterocycles. The SMILES string of the molecule is CC1(C)C=C(CI)C(C)(C)[15N]1O. The minimum absolute atomic E-state index is 0.204. The van der Waals surface area contributed by atoms with Gasteiger partial charge in [0, 0.05) is 4.43 Å². The van der Waals surface area contributed by atoms with Crippen LogP contribution in [-0.2, 0) is 0 Å². The molecule has 70 valence electrons. The van der Waals surface area contributed by atoms with Crippen molar-refractivity contribution in [3.63, 3.8) is 0 Å². The summed E-state index contributed by atoms with van der Waals surface area (Å²) >= 11 is 2.34. The third kappa shape index (κ3) is 1.42. The van der Waals surface area contributed by atoms with Crippen LogP contribution in [0.5, 0.6) is 0 Å². The van der Waals surface area contributed by atoms with E-state index >= 15 is 0 Å². The molecule has 0 saturated carbocycles. The van der Waals surface area contributed by atoms with Gasteiger partial charge in [0.15, 0.2) is 0 Å². The summed E-state index contributed by atoms with van der Waals surface area (Å²) in [6.07, 6.45) is 2.15. The minimum Gasteiger partial charge on any atom is -0.312 e. The molecule has 0 unspecified atom stereocenters. The molecule has 0 atom stereocenters. The van der Waals surface area contributed by atoms with E-state index in [1.54, 1.807) is 0 Å². The molecule has 12 heavy (non-hydrogen) atoms. The Hall–Kier alpha value is 0.390. The third-order valence-corrected chi connectivity index (χ3v) is 3.35. The van der Waals surface area contributed by atoms with Gasteiger partial charge in [-0.1, -0.05) is 28.7 Å². The Kier molecular flexibility index (Phi) is 2.58. The van der Waals surface area contributed by atoms with Gasteiger partial charge in [0.1, 0.15) is 0 Å². The van der Waals surface area contributed by atoms with E-state index in [1.165, 1.54) is 10.6 Å². The molecule has 0 aliphatic carbocycles. The summed E-state index contributed by atoms with van der Waals surface area (Å²) in [5.74, 6) is 0. The van der Waals surface area contributed by atoms with Crippen molar-refractivity contribution in [1.82, 2.24) is 5.06 Å². The Bertz CT molecular complexity index is 221. The zero-order valence-corrected chi connectivity index (χ0v) is 10.2. The Balaban J connectivity index is 3.03. The summed E-state index contributed by atoms with van der Waals surface area (Å²) in [4.78, 5) is 0. The smallest absolute Gasteiger partial charge is 0.0630 e. The van der Waals surface area contributed by atoms with E-state index in [9.17, 15) is 5.21 Å². The van der Waals surface area contributed by atoms with Crippen LogP contribution < -0.4 is 0 Å². The Morgan fingerprint density at radius 1 is 1.42 bits per heavy atom. The lowest BCUT2D eigenvalue weighted by Gasteiger charge is -2.36. The lowest BCUT2D eigenvalue weighted by atomic mass is 10.00. The fourth-order valence-corrected chi connectivity index (χ4v) is 2.88. The first-order chi connectivity index (χ1) is 5.32. The molecule has 0 aromatic carbocycles. The fourth-order valence-electron chi connectivity index (χ4n) is 1.72. The normalized spacial score (nSPS) is 27.3. The van der Waals surface area contributed by atoms with Gasteiger partial charge >= 0.3 is 0 Å². The predicted molar refractivity (Wildman–Crippen MR) is 58.8 cm³/mol. The number of alkyl halides is 1.